The number of aromatic nitrogens is 2. The molecule has 7 heteroatoms. The summed E-state index contributed by atoms with van der Waals surface area (Å²) in [4.78, 5) is 14.1. The van der Waals surface area contributed by atoms with Crippen molar-refractivity contribution in [1.29, 1.82) is 0 Å². The molecule has 0 amide bonds. The molecule has 0 bridgehead atoms. The Labute approximate surface area is 207 Å². The normalized spacial score (nSPS) is 11.6. The zero-order valence-corrected chi connectivity index (χ0v) is 21.8. The van der Waals surface area contributed by atoms with Crippen molar-refractivity contribution in [3.05, 3.63) is 111 Å². The Morgan fingerprint density at radius 3 is 1.94 bits per heavy atom. The highest BCUT2D eigenvalue weighted by Gasteiger charge is 2.33. The lowest BCUT2D eigenvalue weighted by atomic mass is 10.1. The molecule has 0 aliphatic carbocycles. The van der Waals surface area contributed by atoms with Gasteiger partial charge in [0.15, 0.2) is 0 Å². The molecule has 0 aliphatic rings. The number of para-hydroxylation sites is 1. The number of hydrogen-bond donors (Lipinski definition) is 0. The fraction of sp³-hybridized carbons (Fsp3) is 0.250. The first-order valence-corrected chi connectivity index (χ1v) is 13.0. The number of aryl methyl sites for hydroxylation is 4. The van der Waals surface area contributed by atoms with Crippen LogP contribution in [0.4, 0.5) is 5.69 Å². The van der Waals surface area contributed by atoms with Gasteiger partial charge in [-0.25, -0.2) is 13.1 Å². The van der Waals surface area contributed by atoms with Crippen molar-refractivity contribution in [2.45, 2.75) is 46.1 Å². The first-order valence-electron chi connectivity index (χ1n) is 11.5. The van der Waals surface area contributed by atoms with Crippen LogP contribution in [0.15, 0.2) is 76.4 Å². The van der Waals surface area contributed by atoms with Crippen molar-refractivity contribution in [3.8, 4) is 5.69 Å². The Morgan fingerprint density at radius 2 is 1.37 bits per heavy atom. The van der Waals surface area contributed by atoms with Crippen molar-refractivity contribution in [3.63, 3.8) is 0 Å². The van der Waals surface area contributed by atoms with Crippen LogP contribution in [0.1, 0.15) is 33.5 Å². The van der Waals surface area contributed by atoms with Crippen LogP contribution >= 0.6 is 0 Å². The molecule has 0 aliphatic heterocycles. The molecular formula is C28H31N3O3S. The molecule has 182 valence electrons. The number of rotatable bonds is 6. The monoisotopic (exact) mass is 489 g/mol. The van der Waals surface area contributed by atoms with Gasteiger partial charge in [0.05, 0.1) is 22.8 Å². The summed E-state index contributed by atoms with van der Waals surface area (Å²) in [5.41, 5.74) is 5.20. The van der Waals surface area contributed by atoms with Gasteiger partial charge >= 0.3 is 0 Å². The molecule has 0 N–H and O–H groups in total. The average Bonchev–Trinajstić information content (AvgIpc) is 3.01. The summed E-state index contributed by atoms with van der Waals surface area (Å²) in [7, 11) is -2.29. The molecule has 0 atom stereocenters. The third kappa shape index (κ3) is 4.44. The largest absolute Gasteiger partial charge is 0.296 e. The molecule has 35 heavy (non-hydrogen) atoms. The van der Waals surface area contributed by atoms with Crippen LogP contribution in [0.3, 0.4) is 0 Å². The minimum Gasteiger partial charge on any atom is -0.283 e. The third-order valence-corrected chi connectivity index (χ3v) is 8.42. The molecule has 0 fully saturated rings. The molecule has 1 aromatic heterocycles. The van der Waals surface area contributed by atoms with Crippen LogP contribution < -0.4 is 9.86 Å². The zero-order chi connectivity index (χ0) is 25.5. The van der Waals surface area contributed by atoms with Crippen LogP contribution in [-0.4, -0.2) is 17.8 Å². The molecule has 6 nitrogen and oxygen atoms in total. The van der Waals surface area contributed by atoms with Gasteiger partial charge in [0.1, 0.15) is 5.69 Å². The molecule has 4 aromatic rings. The van der Waals surface area contributed by atoms with Crippen molar-refractivity contribution >= 4 is 15.7 Å². The van der Waals surface area contributed by atoms with Gasteiger partial charge in [0.2, 0.25) is 0 Å². The quantitative estimate of drug-likeness (QED) is 0.378. The fourth-order valence-corrected chi connectivity index (χ4v) is 6.59. The van der Waals surface area contributed by atoms with Gasteiger partial charge in [-0.05, 0) is 63.4 Å². The number of anilines is 1. The molecule has 3 aromatic carbocycles. The van der Waals surface area contributed by atoms with Crippen molar-refractivity contribution in [2.75, 3.05) is 4.31 Å². The van der Waals surface area contributed by atoms with E-state index in [1.807, 2.05) is 80.6 Å². The molecule has 0 radical (unpaired) electrons. The lowest BCUT2D eigenvalue weighted by Crippen LogP contribution is -2.35. The van der Waals surface area contributed by atoms with Crippen LogP contribution in [-0.2, 0) is 23.6 Å². The van der Waals surface area contributed by atoms with Gasteiger partial charge < -0.3 is 0 Å². The molecular weight excluding hydrogens is 458 g/mol. The maximum absolute atomic E-state index is 14.3. The number of sulfonamides is 1. The van der Waals surface area contributed by atoms with E-state index >= 15 is 0 Å². The van der Waals surface area contributed by atoms with E-state index in [-0.39, 0.29) is 22.7 Å². The first-order chi connectivity index (χ1) is 16.5. The maximum atomic E-state index is 14.3. The lowest BCUT2D eigenvalue weighted by molar-refractivity contribution is 0.588. The minimum atomic E-state index is -4.06. The summed E-state index contributed by atoms with van der Waals surface area (Å²) in [6.45, 7) is 9.36. The summed E-state index contributed by atoms with van der Waals surface area (Å²) in [6.07, 6.45) is 0. The molecule has 0 unspecified atom stereocenters. The Hall–Kier alpha value is -3.58. The van der Waals surface area contributed by atoms with E-state index in [0.717, 1.165) is 16.7 Å². The van der Waals surface area contributed by atoms with Gasteiger partial charge in [0, 0.05) is 7.05 Å². The van der Waals surface area contributed by atoms with Crippen molar-refractivity contribution < 1.29 is 8.42 Å². The van der Waals surface area contributed by atoms with Gasteiger partial charge in [-0.3, -0.25) is 13.8 Å². The third-order valence-electron chi connectivity index (χ3n) is 6.37. The van der Waals surface area contributed by atoms with E-state index < -0.39 is 10.0 Å². The number of nitrogens with zero attached hydrogens (tertiary/aromatic N) is 3. The molecule has 0 saturated carbocycles. The number of hydrogen-bond acceptors (Lipinski definition) is 3. The Bertz CT molecular complexity index is 1520. The average molecular weight is 490 g/mol. The zero-order valence-electron chi connectivity index (χ0n) is 21.0. The SMILES string of the molecule is Cc1ccc(CN(c2c(C)n(C)n(-c3ccccc3)c2=O)S(=O)(=O)c2c(C)cc(C)cc2C)cc1. The smallest absolute Gasteiger partial charge is 0.283 e. The summed E-state index contributed by atoms with van der Waals surface area (Å²) in [5.74, 6) is 0. The lowest BCUT2D eigenvalue weighted by Gasteiger charge is -2.25. The van der Waals surface area contributed by atoms with Crippen molar-refractivity contribution in [1.82, 2.24) is 9.36 Å². The van der Waals surface area contributed by atoms with E-state index in [1.165, 1.54) is 8.99 Å². The predicted molar refractivity (Wildman–Crippen MR) is 141 cm³/mol. The van der Waals surface area contributed by atoms with Crippen LogP contribution in [0.5, 0.6) is 0 Å². The highest BCUT2D eigenvalue weighted by Crippen LogP contribution is 2.31. The van der Waals surface area contributed by atoms with Gasteiger partial charge in [-0.2, -0.15) is 0 Å². The highest BCUT2D eigenvalue weighted by molar-refractivity contribution is 7.93. The first kappa shape index (κ1) is 24.5. The minimum absolute atomic E-state index is 0.0459. The summed E-state index contributed by atoms with van der Waals surface area (Å²) >= 11 is 0. The second-order valence-corrected chi connectivity index (χ2v) is 10.9. The summed E-state index contributed by atoms with van der Waals surface area (Å²) in [5, 5.41) is 0. The van der Waals surface area contributed by atoms with E-state index in [4.69, 9.17) is 0 Å². The van der Waals surface area contributed by atoms with E-state index in [1.54, 1.807) is 32.5 Å². The highest BCUT2D eigenvalue weighted by atomic mass is 32.2. The van der Waals surface area contributed by atoms with E-state index in [0.29, 0.717) is 22.5 Å². The summed E-state index contributed by atoms with van der Waals surface area (Å²) in [6, 6.07) is 20.7. The van der Waals surface area contributed by atoms with E-state index in [9.17, 15) is 13.2 Å². The topological polar surface area (TPSA) is 64.3 Å². The second-order valence-electron chi connectivity index (χ2n) is 9.14. The van der Waals surface area contributed by atoms with Gasteiger partial charge in [-0.15, -0.1) is 0 Å². The van der Waals surface area contributed by atoms with Gasteiger partial charge in [0.25, 0.3) is 15.6 Å². The van der Waals surface area contributed by atoms with Crippen molar-refractivity contribution in [2.24, 2.45) is 7.05 Å². The Morgan fingerprint density at radius 1 is 0.800 bits per heavy atom. The van der Waals surface area contributed by atoms with E-state index in [2.05, 4.69) is 0 Å². The second kappa shape index (κ2) is 9.23. The summed E-state index contributed by atoms with van der Waals surface area (Å²) < 4.78 is 33.1. The Kier molecular flexibility index (Phi) is 6.47. The molecule has 0 spiro atoms. The van der Waals surface area contributed by atoms with Crippen LogP contribution in [0, 0.1) is 34.6 Å². The van der Waals surface area contributed by atoms with Crippen LogP contribution in [0.2, 0.25) is 0 Å². The molecule has 4 rings (SSSR count). The predicted octanol–water partition coefficient (Wildman–Crippen LogP) is 5.11. The number of benzene rings is 3. The fourth-order valence-electron chi connectivity index (χ4n) is 4.67. The van der Waals surface area contributed by atoms with Crippen LogP contribution in [0.25, 0.3) is 5.69 Å². The molecule has 1 heterocycles. The molecule has 0 saturated heterocycles. The maximum Gasteiger partial charge on any atom is 0.296 e. The van der Waals surface area contributed by atoms with Gasteiger partial charge in [-0.1, -0.05) is 65.7 Å². The Balaban J connectivity index is 1.99. The standard InChI is InChI=1S/C28H31N3O3S/c1-19-12-14-24(15-13-19)18-30(35(33,34)27-21(3)16-20(2)17-22(27)4)26-23(5)29(6)31(28(26)32)25-10-8-7-9-11-25/h7-17H,18H2,1-6H3.